The van der Waals surface area contributed by atoms with Crippen LogP contribution in [-0.2, 0) is 11.0 Å². The van der Waals surface area contributed by atoms with E-state index in [4.69, 9.17) is 4.74 Å². The minimum Gasteiger partial charge on any atom is -0.494 e. The van der Waals surface area contributed by atoms with Gasteiger partial charge in [0.15, 0.2) is 0 Å². The Morgan fingerprint density at radius 3 is 2.11 bits per heavy atom. The average molecular weight is 394 g/mol. The molecule has 0 aromatic heterocycles. The maximum absolute atomic E-state index is 12.8. The van der Waals surface area contributed by atoms with E-state index < -0.39 is 29.0 Å². The molecule has 0 aliphatic carbocycles. The standard InChI is InChI=1S/C22H25F3O3/c1-5-10-28-18-12-15(14-6-8-17(9-7-14)22(23,24)25)11-16(13-18)19(20(26)27)21(2,3)4/h6-9,11-13,19H,5,10H2,1-4H3,(H,26,27). The normalized spacial score (nSPS) is 13.2. The molecule has 2 aromatic rings. The number of carbonyl (C=O) groups is 1. The second-order valence-electron chi connectivity index (χ2n) is 7.85. The molecule has 2 aromatic carbocycles. The maximum Gasteiger partial charge on any atom is 0.416 e. The molecule has 1 atom stereocenters. The fourth-order valence-corrected chi connectivity index (χ4v) is 3.12. The minimum absolute atomic E-state index is 0.461. The Kier molecular flexibility index (Phi) is 6.42. The topological polar surface area (TPSA) is 46.5 Å². The number of carboxylic acid groups (broad SMARTS) is 1. The third kappa shape index (κ3) is 5.27. The van der Waals surface area contributed by atoms with Crippen LogP contribution in [0, 0.1) is 5.41 Å². The molecule has 3 nitrogen and oxygen atoms in total. The number of alkyl halides is 3. The van der Waals surface area contributed by atoms with Gasteiger partial charge in [-0.25, -0.2) is 0 Å². The number of rotatable bonds is 6. The predicted molar refractivity (Wildman–Crippen MR) is 102 cm³/mol. The summed E-state index contributed by atoms with van der Waals surface area (Å²) in [5.74, 6) is -1.24. The summed E-state index contributed by atoms with van der Waals surface area (Å²) in [5.41, 5.74) is 0.464. The van der Waals surface area contributed by atoms with Gasteiger partial charge in [-0.3, -0.25) is 4.79 Å². The lowest BCUT2D eigenvalue weighted by atomic mass is 9.76. The first-order chi connectivity index (χ1) is 12.9. The highest BCUT2D eigenvalue weighted by Gasteiger charge is 2.33. The zero-order valence-electron chi connectivity index (χ0n) is 16.4. The molecule has 0 fully saturated rings. The van der Waals surface area contributed by atoms with Crippen molar-refractivity contribution in [3.8, 4) is 16.9 Å². The summed E-state index contributed by atoms with van der Waals surface area (Å²) in [6.07, 6.45) is -3.63. The molecule has 0 spiro atoms. The summed E-state index contributed by atoms with van der Waals surface area (Å²) >= 11 is 0. The zero-order chi connectivity index (χ0) is 21.1. The molecule has 0 saturated heterocycles. The van der Waals surface area contributed by atoms with Crippen molar-refractivity contribution in [1.29, 1.82) is 0 Å². The van der Waals surface area contributed by atoms with Crippen molar-refractivity contribution >= 4 is 5.97 Å². The molecule has 1 N–H and O–H groups in total. The van der Waals surface area contributed by atoms with Crippen molar-refractivity contribution in [3.05, 3.63) is 53.6 Å². The summed E-state index contributed by atoms with van der Waals surface area (Å²) in [6, 6.07) is 9.96. The van der Waals surface area contributed by atoms with E-state index in [1.54, 1.807) is 18.2 Å². The first-order valence-corrected chi connectivity index (χ1v) is 9.11. The van der Waals surface area contributed by atoms with Crippen LogP contribution in [0.15, 0.2) is 42.5 Å². The van der Waals surface area contributed by atoms with Crippen molar-refractivity contribution in [2.24, 2.45) is 5.41 Å². The van der Waals surface area contributed by atoms with Crippen LogP contribution in [0.3, 0.4) is 0 Å². The number of halogens is 3. The van der Waals surface area contributed by atoms with Crippen LogP contribution in [0.4, 0.5) is 13.2 Å². The Balaban J connectivity index is 2.56. The molecule has 0 saturated carbocycles. The van der Waals surface area contributed by atoms with Gasteiger partial charge in [-0.1, -0.05) is 39.8 Å². The first-order valence-electron chi connectivity index (χ1n) is 9.11. The third-order valence-electron chi connectivity index (χ3n) is 4.39. The number of ether oxygens (including phenoxy) is 1. The highest BCUT2D eigenvalue weighted by molar-refractivity contribution is 5.79. The van der Waals surface area contributed by atoms with Gasteiger partial charge in [0.05, 0.1) is 18.1 Å². The van der Waals surface area contributed by atoms with E-state index in [1.165, 1.54) is 12.1 Å². The number of aliphatic carboxylic acids is 1. The first kappa shape index (κ1) is 21.8. The molecule has 28 heavy (non-hydrogen) atoms. The highest BCUT2D eigenvalue weighted by atomic mass is 19.4. The predicted octanol–water partition coefficient (Wildman–Crippen LogP) is 6.38. The van der Waals surface area contributed by atoms with Crippen LogP contribution in [0.2, 0.25) is 0 Å². The molecule has 0 radical (unpaired) electrons. The quantitative estimate of drug-likeness (QED) is 0.619. The van der Waals surface area contributed by atoms with Crippen LogP contribution >= 0.6 is 0 Å². The van der Waals surface area contributed by atoms with Gasteiger partial charge in [-0.2, -0.15) is 13.2 Å². The molecule has 6 heteroatoms. The monoisotopic (exact) mass is 394 g/mol. The molecule has 0 aliphatic heterocycles. The van der Waals surface area contributed by atoms with Crippen molar-refractivity contribution < 1.29 is 27.8 Å². The Labute approximate surface area is 163 Å². The molecule has 0 bridgehead atoms. The summed E-state index contributed by atoms with van der Waals surface area (Å²) in [7, 11) is 0. The molecular formula is C22H25F3O3. The van der Waals surface area contributed by atoms with Gasteiger partial charge >= 0.3 is 12.1 Å². The van der Waals surface area contributed by atoms with Gasteiger partial charge < -0.3 is 9.84 Å². The second-order valence-corrected chi connectivity index (χ2v) is 7.85. The van der Waals surface area contributed by atoms with E-state index in [0.29, 0.717) is 29.0 Å². The molecule has 0 heterocycles. The Bertz CT molecular complexity index is 818. The highest BCUT2D eigenvalue weighted by Crippen LogP contribution is 2.39. The fourth-order valence-electron chi connectivity index (χ4n) is 3.12. The van der Waals surface area contributed by atoms with Crippen LogP contribution < -0.4 is 4.74 Å². The third-order valence-corrected chi connectivity index (χ3v) is 4.39. The summed E-state index contributed by atoms with van der Waals surface area (Å²) in [5, 5.41) is 9.75. The lowest BCUT2D eigenvalue weighted by Crippen LogP contribution is -2.26. The van der Waals surface area contributed by atoms with Gasteiger partial charge in [-0.15, -0.1) is 0 Å². The largest absolute Gasteiger partial charge is 0.494 e. The van der Waals surface area contributed by atoms with E-state index >= 15 is 0 Å². The number of hydrogen-bond donors (Lipinski definition) is 1. The van der Waals surface area contributed by atoms with E-state index in [0.717, 1.165) is 18.6 Å². The maximum atomic E-state index is 12.8. The van der Waals surface area contributed by atoms with E-state index in [2.05, 4.69) is 0 Å². The summed E-state index contributed by atoms with van der Waals surface area (Å²) in [4.78, 5) is 11.9. The second kappa shape index (κ2) is 8.25. The smallest absolute Gasteiger partial charge is 0.416 e. The van der Waals surface area contributed by atoms with E-state index in [9.17, 15) is 23.1 Å². The number of hydrogen-bond acceptors (Lipinski definition) is 2. The van der Waals surface area contributed by atoms with E-state index in [1.807, 2.05) is 27.7 Å². The summed E-state index contributed by atoms with van der Waals surface area (Å²) in [6.45, 7) is 7.93. The SMILES string of the molecule is CCCOc1cc(-c2ccc(C(F)(F)F)cc2)cc(C(C(=O)O)C(C)(C)C)c1. The molecule has 152 valence electrons. The van der Waals surface area contributed by atoms with Crippen LogP contribution in [0.1, 0.15) is 51.2 Å². The number of benzene rings is 2. The van der Waals surface area contributed by atoms with Gasteiger partial charge in [-0.05, 0) is 58.9 Å². The summed E-state index contributed by atoms with van der Waals surface area (Å²) < 4.78 is 44.2. The van der Waals surface area contributed by atoms with Crippen LogP contribution in [0.5, 0.6) is 5.75 Å². The average Bonchev–Trinajstić information content (AvgIpc) is 2.57. The lowest BCUT2D eigenvalue weighted by Gasteiger charge is -2.28. The van der Waals surface area contributed by atoms with Gasteiger partial charge in [0.25, 0.3) is 0 Å². The van der Waals surface area contributed by atoms with Gasteiger partial charge in [0, 0.05) is 0 Å². The van der Waals surface area contributed by atoms with Crippen molar-refractivity contribution in [2.45, 2.75) is 46.2 Å². The van der Waals surface area contributed by atoms with Crippen molar-refractivity contribution in [3.63, 3.8) is 0 Å². The van der Waals surface area contributed by atoms with Gasteiger partial charge in [0.2, 0.25) is 0 Å². The Morgan fingerprint density at radius 1 is 1.04 bits per heavy atom. The lowest BCUT2D eigenvalue weighted by molar-refractivity contribution is -0.141. The molecule has 2 rings (SSSR count). The van der Waals surface area contributed by atoms with E-state index in [-0.39, 0.29) is 0 Å². The van der Waals surface area contributed by atoms with Crippen molar-refractivity contribution in [1.82, 2.24) is 0 Å². The van der Waals surface area contributed by atoms with Crippen LogP contribution in [-0.4, -0.2) is 17.7 Å². The number of carboxylic acids is 1. The Morgan fingerprint density at radius 2 is 1.64 bits per heavy atom. The fraction of sp³-hybridized carbons (Fsp3) is 0.409. The van der Waals surface area contributed by atoms with Crippen molar-refractivity contribution in [2.75, 3.05) is 6.61 Å². The molecular weight excluding hydrogens is 369 g/mol. The molecule has 1 unspecified atom stereocenters. The molecule has 0 amide bonds. The van der Waals surface area contributed by atoms with Crippen LogP contribution in [0.25, 0.3) is 11.1 Å². The minimum atomic E-state index is -4.41. The zero-order valence-corrected chi connectivity index (χ0v) is 16.4. The Hall–Kier alpha value is -2.50. The molecule has 0 aliphatic rings. The van der Waals surface area contributed by atoms with Gasteiger partial charge in [0.1, 0.15) is 5.75 Å².